The van der Waals surface area contributed by atoms with E-state index in [4.69, 9.17) is 32.2 Å². The molecule has 0 radical (unpaired) electrons. The Bertz CT molecular complexity index is 255. The van der Waals surface area contributed by atoms with Crippen LogP contribution in [0.1, 0.15) is 34.1 Å². The smallest absolute Gasteiger partial charge is 0.379 e. The molecule has 0 aliphatic heterocycles. The molecule has 0 bridgehead atoms. The molecule has 7 nitrogen and oxygen atoms in total. The van der Waals surface area contributed by atoms with Crippen LogP contribution in [0.15, 0.2) is 0 Å². The van der Waals surface area contributed by atoms with Crippen molar-refractivity contribution in [2.24, 2.45) is 0 Å². The largest absolute Gasteiger partial charge is 0.530 e. The second-order valence-electron chi connectivity index (χ2n) is 4.59. The van der Waals surface area contributed by atoms with Crippen LogP contribution in [0.2, 0.25) is 0 Å². The lowest BCUT2D eigenvalue weighted by Gasteiger charge is -2.33. The maximum Gasteiger partial charge on any atom is 0.530 e. The third-order valence-corrected chi connectivity index (χ3v) is 6.18. The fourth-order valence-electron chi connectivity index (χ4n) is 2.06. The molecule has 0 aliphatic carbocycles. The van der Waals surface area contributed by atoms with Gasteiger partial charge in [0.1, 0.15) is 5.73 Å². The maximum absolute atomic E-state index is 5.89. The van der Waals surface area contributed by atoms with Crippen LogP contribution < -0.4 is 0 Å². The van der Waals surface area contributed by atoms with Crippen LogP contribution in [0.4, 0.5) is 0 Å². The molecule has 0 heterocycles. The summed E-state index contributed by atoms with van der Waals surface area (Å²) in [7, 11) is 1.84. The highest BCUT2D eigenvalue weighted by molar-refractivity contribution is 6.62. The minimum atomic E-state index is -2.86. The van der Waals surface area contributed by atoms with Crippen molar-refractivity contribution in [3.63, 3.8) is 0 Å². The van der Waals surface area contributed by atoms with Crippen LogP contribution in [-0.4, -0.2) is 68.3 Å². The molecule has 0 fully saturated rings. The van der Waals surface area contributed by atoms with Gasteiger partial charge in [-0.1, -0.05) is 6.92 Å². The lowest BCUT2D eigenvalue weighted by atomic mass is 10.5. The molecule has 22 heavy (non-hydrogen) atoms. The van der Waals surface area contributed by atoms with Gasteiger partial charge in [0.2, 0.25) is 0 Å². The van der Waals surface area contributed by atoms with E-state index in [2.05, 4.69) is 0 Å². The molecular weight excluding hydrogens is 308 g/mol. The first-order chi connectivity index (χ1) is 10.5. The zero-order valence-corrected chi connectivity index (χ0v) is 15.9. The van der Waals surface area contributed by atoms with Gasteiger partial charge in [-0.25, -0.2) is 0 Å². The monoisotopic (exact) mass is 340 g/mol. The molecule has 3 atom stereocenters. The van der Waals surface area contributed by atoms with Crippen LogP contribution >= 0.6 is 0 Å². The van der Waals surface area contributed by atoms with E-state index in [9.17, 15) is 0 Å². The van der Waals surface area contributed by atoms with Gasteiger partial charge >= 0.3 is 8.80 Å². The van der Waals surface area contributed by atoms with Gasteiger partial charge in [0.15, 0.2) is 12.6 Å². The Morgan fingerprint density at radius 1 is 0.818 bits per heavy atom. The van der Waals surface area contributed by atoms with Crippen LogP contribution in [0.5, 0.6) is 0 Å². The summed E-state index contributed by atoms with van der Waals surface area (Å²) in [5.41, 5.74) is -0.307. The van der Waals surface area contributed by atoms with Crippen molar-refractivity contribution >= 4 is 8.80 Å². The average Bonchev–Trinajstić information content (AvgIpc) is 2.52. The van der Waals surface area contributed by atoms with E-state index >= 15 is 0 Å². The summed E-state index contributed by atoms with van der Waals surface area (Å²) in [6, 6.07) is 0. The van der Waals surface area contributed by atoms with Gasteiger partial charge in [0.05, 0.1) is 13.2 Å². The van der Waals surface area contributed by atoms with Gasteiger partial charge in [0.25, 0.3) is 0 Å². The maximum atomic E-state index is 5.89. The number of hydrogen-bond acceptors (Lipinski definition) is 7. The molecule has 8 heteroatoms. The molecule has 0 aromatic rings. The van der Waals surface area contributed by atoms with Crippen molar-refractivity contribution in [1.82, 2.24) is 0 Å². The second kappa shape index (κ2) is 12.4. The summed E-state index contributed by atoms with van der Waals surface area (Å²) < 4.78 is 38.6. The minimum Gasteiger partial charge on any atom is -0.379 e. The zero-order valence-electron chi connectivity index (χ0n) is 14.9. The molecular formula is C14H32O7Si. The van der Waals surface area contributed by atoms with Gasteiger partial charge in [-0.15, -0.1) is 0 Å². The molecule has 0 N–H and O–H groups in total. The van der Waals surface area contributed by atoms with Gasteiger partial charge in [-0.2, -0.15) is 0 Å². The Labute approximate surface area is 135 Å². The van der Waals surface area contributed by atoms with Crippen molar-refractivity contribution in [3.05, 3.63) is 0 Å². The van der Waals surface area contributed by atoms with E-state index in [0.29, 0.717) is 26.2 Å². The summed E-state index contributed by atoms with van der Waals surface area (Å²) in [4.78, 5) is 0. The molecule has 0 saturated carbocycles. The summed E-state index contributed by atoms with van der Waals surface area (Å²) in [5.74, 6) is 0. The van der Waals surface area contributed by atoms with Crippen molar-refractivity contribution in [1.29, 1.82) is 0 Å². The summed E-state index contributed by atoms with van der Waals surface area (Å²) in [6.45, 7) is 9.26. The van der Waals surface area contributed by atoms with Crippen LogP contribution in [0.25, 0.3) is 0 Å². The third kappa shape index (κ3) is 7.47. The highest BCUT2D eigenvalue weighted by Gasteiger charge is 2.48. The molecule has 0 rings (SSSR count). The SMILES string of the molecule is CCOCCOC(C)OC(C)OC(CC)[Si](OC)(OC)OC. The molecule has 0 saturated heterocycles. The van der Waals surface area contributed by atoms with E-state index in [1.165, 1.54) is 0 Å². The van der Waals surface area contributed by atoms with Gasteiger partial charge in [-0.05, 0) is 27.2 Å². The van der Waals surface area contributed by atoms with Crippen LogP contribution in [0, 0.1) is 0 Å². The molecule has 3 unspecified atom stereocenters. The van der Waals surface area contributed by atoms with Gasteiger partial charge in [0, 0.05) is 27.9 Å². The number of ether oxygens (including phenoxy) is 4. The highest BCUT2D eigenvalue weighted by atomic mass is 28.4. The van der Waals surface area contributed by atoms with E-state index in [0.717, 1.165) is 0 Å². The molecule has 0 spiro atoms. The summed E-state index contributed by atoms with van der Waals surface area (Å²) in [5, 5.41) is 0. The van der Waals surface area contributed by atoms with E-state index < -0.39 is 21.4 Å². The topological polar surface area (TPSA) is 64.6 Å². The standard InChI is InChI=1S/C14H32O7Si/c1-8-14(22(15-5,16-6)17-7)21-13(4)20-12(3)19-11-10-18-9-2/h12-14H,8-11H2,1-7H3. The summed E-state index contributed by atoms with van der Waals surface area (Å²) in [6.07, 6.45) is -0.175. The fraction of sp³-hybridized carbons (Fsp3) is 1.00. The quantitative estimate of drug-likeness (QED) is 0.272. The normalized spacial score (nSPS) is 16.5. The second-order valence-corrected chi connectivity index (χ2v) is 7.66. The van der Waals surface area contributed by atoms with Crippen molar-refractivity contribution in [3.8, 4) is 0 Å². The zero-order chi connectivity index (χ0) is 17.0. The Morgan fingerprint density at radius 3 is 1.86 bits per heavy atom. The number of hydrogen-bond donors (Lipinski definition) is 0. The Hall–Kier alpha value is -0.0631. The van der Waals surface area contributed by atoms with E-state index in [1.54, 1.807) is 21.3 Å². The lowest BCUT2D eigenvalue weighted by molar-refractivity contribution is -0.244. The van der Waals surface area contributed by atoms with Crippen molar-refractivity contribution in [2.45, 2.75) is 52.4 Å². The summed E-state index contributed by atoms with van der Waals surface area (Å²) >= 11 is 0. The first-order valence-electron chi connectivity index (χ1n) is 7.65. The number of rotatable bonds is 14. The molecule has 134 valence electrons. The molecule has 0 amide bonds. The minimum absolute atomic E-state index is 0.307. The van der Waals surface area contributed by atoms with Gasteiger partial charge in [-0.3, -0.25) is 0 Å². The Kier molecular flexibility index (Phi) is 12.3. The van der Waals surface area contributed by atoms with Crippen molar-refractivity contribution < 1.29 is 32.2 Å². The Balaban J connectivity index is 4.32. The van der Waals surface area contributed by atoms with Crippen LogP contribution in [0.3, 0.4) is 0 Å². The predicted octanol–water partition coefficient (Wildman–Crippen LogP) is 1.96. The molecule has 0 aromatic carbocycles. The average molecular weight is 340 g/mol. The first kappa shape index (κ1) is 21.9. The first-order valence-corrected chi connectivity index (χ1v) is 9.45. The lowest BCUT2D eigenvalue weighted by Crippen LogP contribution is -2.56. The predicted molar refractivity (Wildman–Crippen MR) is 84.4 cm³/mol. The third-order valence-electron chi connectivity index (χ3n) is 3.14. The Morgan fingerprint density at radius 2 is 1.41 bits per heavy atom. The van der Waals surface area contributed by atoms with E-state index in [-0.39, 0.29) is 5.73 Å². The van der Waals surface area contributed by atoms with Gasteiger partial charge < -0.3 is 32.2 Å². The van der Waals surface area contributed by atoms with E-state index in [1.807, 2.05) is 27.7 Å². The highest BCUT2D eigenvalue weighted by Crippen LogP contribution is 2.20. The molecule has 0 aromatic heterocycles. The molecule has 0 aliphatic rings. The fourth-order valence-corrected chi connectivity index (χ4v) is 4.21. The van der Waals surface area contributed by atoms with Crippen LogP contribution in [-0.2, 0) is 32.2 Å². The van der Waals surface area contributed by atoms with Crippen molar-refractivity contribution in [2.75, 3.05) is 41.2 Å².